The molecular formula is C30H23IN2O5S. The number of carbonyl (C=O) groups excluding carboxylic acids is 1. The number of hydrogen-bond acceptors (Lipinski definition) is 6. The maximum Gasteiger partial charge on any atom is 0.335 e. The number of ether oxygens (including phenoxy) is 2. The molecule has 0 radical (unpaired) electrons. The minimum Gasteiger partial charge on any atom is -0.493 e. The highest BCUT2D eigenvalue weighted by atomic mass is 127. The summed E-state index contributed by atoms with van der Waals surface area (Å²) >= 11 is 3.44. The van der Waals surface area contributed by atoms with Crippen LogP contribution in [0.1, 0.15) is 21.5 Å². The van der Waals surface area contributed by atoms with E-state index in [1.54, 1.807) is 32.4 Å². The fraction of sp³-hybridized carbons (Fsp3) is 0.100. The summed E-state index contributed by atoms with van der Waals surface area (Å²) in [5.41, 5.74) is 2.46. The van der Waals surface area contributed by atoms with Gasteiger partial charge in [-0.2, -0.15) is 0 Å². The molecule has 4 aromatic carbocycles. The summed E-state index contributed by atoms with van der Waals surface area (Å²) in [4.78, 5) is 30.7. The second kappa shape index (κ2) is 11.5. The average Bonchev–Trinajstić information content (AvgIpc) is 3.19. The van der Waals surface area contributed by atoms with E-state index in [-0.39, 0.29) is 11.5 Å². The van der Waals surface area contributed by atoms with Gasteiger partial charge in [-0.15, -0.1) is 0 Å². The van der Waals surface area contributed by atoms with E-state index in [1.807, 2.05) is 30.3 Å². The monoisotopic (exact) mass is 650 g/mol. The summed E-state index contributed by atoms with van der Waals surface area (Å²) in [5.74, 6) is -0.0268. The lowest BCUT2D eigenvalue weighted by atomic mass is 10.1. The maximum atomic E-state index is 13.0. The largest absolute Gasteiger partial charge is 0.493 e. The number of amidine groups is 1. The number of carboxylic acid groups (broad SMARTS) is 1. The number of fused-ring (bicyclic) bond motifs is 1. The summed E-state index contributed by atoms with van der Waals surface area (Å²) in [6, 6.07) is 24.4. The molecule has 1 amide bonds. The Bertz CT molecular complexity index is 1660. The van der Waals surface area contributed by atoms with Crippen LogP contribution < -0.4 is 9.47 Å². The lowest BCUT2D eigenvalue weighted by molar-refractivity contribution is -0.121. The summed E-state index contributed by atoms with van der Waals surface area (Å²) in [6.45, 7) is 0.385. The number of thioether (sulfide) groups is 1. The van der Waals surface area contributed by atoms with Crippen molar-refractivity contribution in [2.75, 3.05) is 14.2 Å². The summed E-state index contributed by atoms with van der Waals surface area (Å²) in [7, 11) is 3.23. The van der Waals surface area contributed by atoms with Crippen molar-refractivity contribution in [3.63, 3.8) is 0 Å². The van der Waals surface area contributed by atoms with Crippen LogP contribution in [0.3, 0.4) is 0 Å². The fourth-order valence-electron chi connectivity index (χ4n) is 4.15. The minimum atomic E-state index is -1.03. The molecule has 1 aliphatic heterocycles. The molecule has 196 valence electrons. The molecule has 0 atom stereocenters. The first-order valence-electron chi connectivity index (χ1n) is 11.9. The van der Waals surface area contributed by atoms with Crippen LogP contribution in [0.4, 0.5) is 5.69 Å². The third-order valence-corrected chi connectivity index (χ3v) is 7.98. The number of benzene rings is 4. The Morgan fingerprint density at radius 3 is 2.64 bits per heavy atom. The van der Waals surface area contributed by atoms with Gasteiger partial charge < -0.3 is 14.6 Å². The number of nitrogens with zero attached hydrogens (tertiary/aromatic N) is 2. The highest BCUT2D eigenvalue weighted by Gasteiger charge is 2.30. The van der Waals surface area contributed by atoms with E-state index in [2.05, 4.69) is 51.8 Å². The zero-order chi connectivity index (χ0) is 27.5. The minimum absolute atomic E-state index is 0.133. The number of aromatic carboxylic acids is 1. The van der Waals surface area contributed by atoms with Crippen LogP contribution in [0.5, 0.6) is 11.5 Å². The predicted molar refractivity (Wildman–Crippen MR) is 163 cm³/mol. The Balaban J connectivity index is 1.39. The van der Waals surface area contributed by atoms with Crippen LogP contribution in [0.25, 0.3) is 16.8 Å². The highest BCUT2D eigenvalue weighted by molar-refractivity contribution is 14.1. The Kier molecular flexibility index (Phi) is 7.89. The van der Waals surface area contributed by atoms with E-state index < -0.39 is 5.97 Å². The van der Waals surface area contributed by atoms with Crippen molar-refractivity contribution in [1.29, 1.82) is 0 Å². The van der Waals surface area contributed by atoms with Gasteiger partial charge in [-0.1, -0.05) is 48.5 Å². The van der Waals surface area contributed by atoms with Gasteiger partial charge in [0.05, 0.1) is 26.8 Å². The topological polar surface area (TPSA) is 88.4 Å². The van der Waals surface area contributed by atoms with Crippen molar-refractivity contribution in [2.24, 2.45) is 4.99 Å². The van der Waals surface area contributed by atoms with Gasteiger partial charge in [-0.3, -0.25) is 9.69 Å². The molecule has 1 saturated heterocycles. The first-order valence-corrected chi connectivity index (χ1v) is 13.8. The Morgan fingerprint density at radius 2 is 1.85 bits per heavy atom. The number of hydrogen-bond donors (Lipinski definition) is 1. The molecule has 0 saturated carbocycles. The fourth-order valence-corrected chi connectivity index (χ4v) is 5.92. The van der Waals surface area contributed by atoms with E-state index in [9.17, 15) is 14.7 Å². The van der Waals surface area contributed by atoms with Gasteiger partial charge in [0.25, 0.3) is 5.91 Å². The molecule has 39 heavy (non-hydrogen) atoms. The molecule has 0 bridgehead atoms. The molecule has 1 N–H and O–H groups in total. The van der Waals surface area contributed by atoms with Crippen LogP contribution in [-0.2, 0) is 11.4 Å². The summed E-state index contributed by atoms with van der Waals surface area (Å²) < 4.78 is 12.7. The van der Waals surface area contributed by atoms with Crippen molar-refractivity contribution in [3.8, 4) is 11.5 Å². The molecule has 9 heteroatoms. The highest BCUT2D eigenvalue weighted by Crippen LogP contribution is 2.38. The Labute approximate surface area is 243 Å². The van der Waals surface area contributed by atoms with E-state index in [4.69, 9.17) is 9.47 Å². The second-order valence-electron chi connectivity index (χ2n) is 8.69. The predicted octanol–water partition coefficient (Wildman–Crippen LogP) is 6.96. The molecule has 1 aliphatic rings. The number of rotatable bonds is 7. The van der Waals surface area contributed by atoms with Crippen LogP contribution >= 0.6 is 34.4 Å². The van der Waals surface area contributed by atoms with Gasteiger partial charge in [-0.05, 0) is 92.7 Å². The van der Waals surface area contributed by atoms with Crippen molar-refractivity contribution < 1.29 is 24.2 Å². The number of likely N-dealkylation sites (N-methyl/N-ethyl adjacent to an activating group) is 1. The van der Waals surface area contributed by atoms with Crippen molar-refractivity contribution in [1.82, 2.24) is 4.90 Å². The van der Waals surface area contributed by atoms with Crippen molar-refractivity contribution in [2.45, 2.75) is 6.61 Å². The van der Waals surface area contributed by atoms with Gasteiger partial charge >= 0.3 is 5.97 Å². The number of halogens is 1. The molecular weight excluding hydrogens is 627 g/mol. The standard InChI is InChI=1S/C30H23IN2O5S/c1-33-28(34)26(39-30(33)32-22-11-6-9-20(16-22)29(35)36)15-18-13-24(31)27(25(14-18)37-2)38-17-21-10-5-8-19-7-3-4-12-23(19)21/h3-16H,17H2,1-2H3,(H,35,36)/b26-15-,32-30?. The number of methoxy groups -OCH3 is 1. The van der Waals surface area contributed by atoms with Gasteiger partial charge in [-0.25, -0.2) is 9.79 Å². The summed E-state index contributed by atoms with van der Waals surface area (Å²) in [6.07, 6.45) is 1.79. The summed E-state index contributed by atoms with van der Waals surface area (Å²) in [5, 5.41) is 12.0. The smallest absolute Gasteiger partial charge is 0.335 e. The number of carboxylic acids is 1. The molecule has 7 nitrogen and oxygen atoms in total. The van der Waals surface area contributed by atoms with Crippen LogP contribution in [0.2, 0.25) is 0 Å². The van der Waals surface area contributed by atoms with E-state index in [0.717, 1.165) is 25.5 Å². The van der Waals surface area contributed by atoms with E-state index in [1.165, 1.54) is 28.8 Å². The lowest BCUT2D eigenvalue weighted by Crippen LogP contribution is -2.23. The molecule has 0 aromatic heterocycles. The van der Waals surface area contributed by atoms with Crippen LogP contribution in [0, 0.1) is 3.57 Å². The Morgan fingerprint density at radius 1 is 1.08 bits per heavy atom. The zero-order valence-corrected chi connectivity index (χ0v) is 24.0. The van der Waals surface area contributed by atoms with Gasteiger partial charge in [0.1, 0.15) is 6.61 Å². The number of aliphatic imine (C=N–C) groups is 1. The zero-order valence-electron chi connectivity index (χ0n) is 21.1. The van der Waals surface area contributed by atoms with Gasteiger partial charge in [0, 0.05) is 7.05 Å². The van der Waals surface area contributed by atoms with Crippen LogP contribution in [0.15, 0.2) is 88.8 Å². The average molecular weight is 650 g/mol. The van der Waals surface area contributed by atoms with Gasteiger partial charge in [0.2, 0.25) is 0 Å². The number of carbonyl (C=O) groups is 2. The van der Waals surface area contributed by atoms with Crippen LogP contribution in [-0.4, -0.2) is 41.2 Å². The third kappa shape index (κ3) is 5.79. The molecule has 4 aromatic rings. The van der Waals surface area contributed by atoms with Crippen molar-refractivity contribution in [3.05, 3.63) is 104 Å². The number of amides is 1. The van der Waals surface area contributed by atoms with E-state index >= 15 is 0 Å². The molecule has 0 spiro atoms. The van der Waals surface area contributed by atoms with E-state index in [0.29, 0.717) is 33.9 Å². The molecule has 1 fully saturated rings. The quantitative estimate of drug-likeness (QED) is 0.172. The first-order chi connectivity index (χ1) is 18.8. The Hall–Kier alpha value is -3.83. The van der Waals surface area contributed by atoms with Gasteiger partial charge in [0.15, 0.2) is 16.7 Å². The van der Waals surface area contributed by atoms with Crippen molar-refractivity contribution >= 4 is 73.9 Å². The first kappa shape index (κ1) is 26.8. The molecule has 0 aliphatic carbocycles. The molecule has 0 unspecified atom stereocenters. The third-order valence-electron chi connectivity index (χ3n) is 6.12. The lowest BCUT2D eigenvalue weighted by Gasteiger charge is -2.15. The molecule has 5 rings (SSSR count). The maximum absolute atomic E-state index is 13.0. The molecule has 1 heterocycles. The second-order valence-corrected chi connectivity index (χ2v) is 10.9. The SMILES string of the molecule is COc1cc(/C=C2\SC(=Nc3cccc(C(=O)O)c3)N(C)C2=O)cc(I)c1OCc1cccc2ccccc12. The normalized spacial score (nSPS) is 15.4.